The van der Waals surface area contributed by atoms with Crippen LogP contribution in [0.4, 0.5) is 0 Å². The maximum atomic E-state index is 12.6. The van der Waals surface area contributed by atoms with Crippen LogP contribution in [0.25, 0.3) is 0 Å². The Bertz CT molecular complexity index is 883. The minimum atomic E-state index is -3.66. The van der Waals surface area contributed by atoms with Crippen molar-refractivity contribution >= 4 is 27.5 Å². The van der Waals surface area contributed by atoms with Crippen molar-refractivity contribution in [3.8, 4) is 5.75 Å². The molecule has 8 heteroatoms. The zero-order valence-corrected chi connectivity index (χ0v) is 16.4. The SMILES string of the molecule is CNS(=O)(=O)c1ccc(Cl)c(C(=O)N(C)CCOc2ccc(C)cc2)c1. The lowest BCUT2D eigenvalue weighted by Crippen LogP contribution is -2.31. The standard InChI is InChI=1S/C18H21ClN2O4S/c1-13-4-6-14(7-5-13)25-11-10-21(3)18(22)16-12-15(8-9-17(16)19)26(23,24)20-2/h4-9,12,20H,10-11H2,1-3H3. The van der Waals surface area contributed by atoms with Crippen LogP contribution in [0, 0.1) is 6.92 Å². The van der Waals surface area contributed by atoms with Crippen LogP contribution in [0.3, 0.4) is 0 Å². The van der Waals surface area contributed by atoms with E-state index in [1.807, 2.05) is 31.2 Å². The first-order valence-electron chi connectivity index (χ1n) is 7.92. The van der Waals surface area contributed by atoms with E-state index in [2.05, 4.69) is 4.72 Å². The number of benzene rings is 2. The van der Waals surface area contributed by atoms with Gasteiger partial charge in [-0.05, 0) is 44.3 Å². The molecule has 2 rings (SSSR count). The zero-order valence-electron chi connectivity index (χ0n) is 14.8. The lowest BCUT2D eigenvalue weighted by atomic mass is 10.2. The average Bonchev–Trinajstić information content (AvgIpc) is 2.63. The Hall–Kier alpha value is -2.09. The molecule has 0 radical (unpaired) electrons. The topological polar surface area (TPSA) is 75.7 Å². The number of likely N-dealkylation sites (N-methyl/N-ethyl adjacent to an activating group) is 1. The Labute approximate surface area is 158 Å². The number of carbonyl (C=O) groups is 1. The molecule has 2 aromatic rings. The van der Waals surface area contributed by atoms with E-state index in [0.717, 1.165) is 11.3 Å². The van der Waals surface area contributed by atoms with Crippen molar-refractivity contribution in [3.05, 3.63) is 58.6 Å². The quantitative estimate of drug-likeness (QED) is 0.780. The van der Waals surface area contributed by atoms with Gasteiger partial charge in [-0.2, -0.15) is 0 Å². The Kier molecular flexibility index (Phi) is 6.63. The van der Waals surface area contributed by atoms with Crippen molar-refractivity contribution in [1.29, 1.82) is 0 Å². The number of nitrogens with one attached hydrogen (secondary N) is 1. The Morgan fingerprint density at radius 1 is 1.19 bits per heavy atom. The highest BCUT2D eigenvalue weighted by Crippen LogP contribution is 2.22. The Morgan fingerprint density at radius 3 is 2.46 bits per heavy atom. The first-order chi connectivity index (χ1) is 12.2. The Balaban J connectivity index is 2.05. The number of halogens is 1. The second kappa shape index (κ2) is 8.53. The molecular formula is C18H21ClN2O4S. The van der Waals surface area contributed by atoms with Gasteiger partial charge in [-0.3, -0.25) is 4.79 Å². The van der Waals surface area contributed by atoms with E-state index in [0.29, 0.717) is 13.2 Å². The monoisotopic (exact) mass is 396 g/mol. The highest BCUT2D eigenvalue weighted by Gasteiger charge is 2.19. The summed E-state index contributed by atoms with van der Waals surface area (Å²) in [5.74, 6) is 0.340. The van der Waals surface area contributed by atoms with Crippen molar-refractivity contribution in [3.63, 3.8) is 0 Å². The summed E-state index contributed by atoms with van der Waals surface area (Å²) in [4.78, 5) is 14.0. The third-order valence-corrected chi connectivity index (χ3v) is 5.55. The van der Waals surface area contributed by atoms with Crippen LogP contribution in [0.2, 0.25) is 5.02 Å². The molecule has 6 nitrogen and oxygen atoms in total. The molecule has 0 bridgehead atoms. The average molecular weight is 397 g/mol. The predicted octanol–water partition coefficient (Wildman–Crippen LogP) is 2.71. The molecule has 0 fully saturated rings. The van der Waals surface area contributed by atoms with Crippen LogP contribution in [0.15, 0.2) is 47.4 Å². The van der Waals surface area contributed by atoms with Crippen LogP contribution in [0.1, 0.15) is 15.9 Å². The van der Waals surface area contributed by atoms with Crippen LogP contribution in [0.5, 0.6) is 5.75 Å². The molecule has 1 amide bonds. The van der Waals surface area contributed by atoms with E-state index >= 15 is 0 Å². The summed E-state index contributed by atoms with van der Waals surface area (Å²) in [6, 6.07) is 11.6. The molecule has 0 aromatic heterocycles. The number of carbonyl (C=O) groups excluding carboxylic acids is 1. The predicted molar refractivity (Wildman–Crippen MR) is 101 cm³/mol. The molecule has 0 heterocycles. The van der Waals surface area contributed by atoms with E-state index in [4.69, 9.17) is 16.3 Å². The minimum Gasteiger partial charge on any atom is -0.492 e. The third-order valence-electron chi connectivity index (χ3n) is 3.81. The molecule has 2 aromatic carbocycles. The summed E-state index contributed by atoms with van der Waals surface area (Å²) in [6.45, 7) is 2.62. The molecular weight excluding hydrogens is 376 g/mol. The van der Waals surface area contributed by atoms with Crippen LogP contribution in [-0.2, 0) is 10.0 Å². The molecule has 0 aliphatic rings. The fourth-order valence-electron chi connectivity index (χ4n) is 2.20. The number of nitrogens with zero attached hydrogens (tertiary/aromatic N) is 1. The molecule has 140 valence electrons. The van der Waals surface area contributed by atoms with Crippen molar-refractivity contribution < 1.29 is 17.9 Å². The van der Waals surface area contributed by atoms with Gasteiger partial charge in [0.1, 0.15) is 12.4 Å². The maximum Gasteiger partial charge on any atom is 0.255 e. The van der Waals surface area contributed by atoms with Crippen LogP contribution < -0.4 is 9.46 Å². The number of aryl methyl sites for hydroxylation is 1. The summed E-state index contributed by atoms with van der Waals surface area (Å²) < 4.78 is 31.6. The first-order valence-corrected chi connectivity index (χ1v) is 9.79. The number of sulfonamides is 1. The molecule has 0 saturated carbocycles. The van der Waals surface area contributed by atoms with Gasteiger partial charge in [0.15, 0.2) is 0 Å². The molecule has 0 spiro atoms. The van der Waals surface area contributed by atoms with Gasteiger partial charge in [0.25, 0.3) is 5.91 Å². The normalized spacial score (nSPS) is 11.2. The van der Waals surface area contributed by atoms with Crippen molar-refractivity contribution in [2.24, 2.45) is 0 Å². The second-order valence-corrected chi connectivity index (χ2v) is 8.03. The summed E-state index contributed by atoms with van der Waals surface area (Å²) in [5, 5.41) is 0.191. The summed E-state index contributed by atoms with van der Waals surface area (Å²) in [5.41, 5.74) is 1.26. The van der Waals surface area contributed by atoms with Crippen molar-refractivity contribution in [2.45, 2.75) is 11.8 Å². The number of ether oxygens (including phenoxy) is 1. The van der Waals surface area contributed by atoms with E-state index < -0.39 is 10.0 Å². The molecule has 0 aliphatic carbocycles. The summed E-state index contributed by atoms with van der Waals surface area (Å²) in [7, 11) is -0.744. The lowest BCUT2D eigenvalue weighted by molar-refractivity contribution is 0.0773. The number of rotatable bonds is 7. The molecule has 0 atom stereocenters. The van der Waals surface area contributed by atoms with Crippen molar-refractivity contribution in [2.75, 3.05) is 27.2 Å². The van der Waals surface area contributed by atoms with Crippen molar-refractivity contribution in [1.82, 2.24) is 9.62 Å². The van der Waals surface area contributed by atoms with Gasteiger partial charge in [-0.1, -0.05) is 29.3 Å². The van der Waals surface area contributed by atoms with Gasteiger partial charge >= 0.3 is 0 Å². The largest absolute Gasteiger partial charge is 0.492 e. The Morgan fingerprint density at radius 2 is 1.85 bits per heavy atom. The number of hydrogen-bond donors (Lipinski definition) is 1. The minimum absolute atomic E-state index is 0.0166. The van der Waals surface area contributed by atoms with E-state index in [1.165, 1.54) is 30.1 Å². The molecule has 1 N–H and O–H groups in total. The first kappa shape index (κ1) is 20.2. The highest BCUT2D eigenvalue weighted by molar-refractivity contribution is 7.89. The number of amides is 1. The van der Waals surface area contributed by atoms with Gasteiger partial charge in [0.05, 0.1) is 22.0 Å². The fraction of sp³-hybridized carbons (Fsp3) is 0.278. The van der Waals surface area contributed by atoms with Gasteiger partial charge in [0.2, 0.25) is 10.0 Å². The van der Waals surface area contributed by atoms with Crippen LogP contribution in [-0.4, -0.2) is 46.5 Å². The number of hydrogen-bond acceptors (Lipinski definition) is 4. The van der Waals surface area contributed by atoms with Gasteiger partial charge < -0.3 is 9.64 Å². The highest BCUT2D eigenvalue weighted by atomic mass is 35.5. The van der Waals surface area contributed by atoms with Gasteiger partial charge in [0, 0.05) is 7.05 Å². The van der Waals surface area contributed by atoms with E-state index in [1.54, 1.807) is 7.05 Å². The summed E-state index contributed by atoms with van der Waals surface area (Å²) >= 11 is 6.08. The van der Waals surface area contributed by atoms with Gasteiger partial charge in [-0.15, -0.1) is 0 Å². The van der Waals surface area contributed by atoms with Crippen LogP contribution >= 0.6 is 11.6 Å². The third kappa shape index (κ3) is 4.97. The molecule has 0 aliphatic heterocycles. The summed E-state index contributed by atoms with van der Waals surface area (Å²) in [6.07, 6.45) is 0. The fourth-order valence-corrected chi connectivity index (χ4v) is 3.15. The lowest BCUT2D eigenvalue weighted by Gasteiger charge is -2.18. The zero-order chi connectivity index (χ0) is 19.3. The molecule has 0 saturated heterocycles. The van der Waals surface area contributed by atoms with Gasteiger partial charge in [-0.25, -0.2) is 13.1 Å². The second-order valence-electron chi connectivity index (χ2n) is 5.74. The smallest absolute Gasteiger partial charge is 0.255 e. The molecule has 0 unspecified atom stereocenters. The van der Waals surface area contributed by atoms with E-state index in [9.17, 15) is 13.2 Å². The molecule has 26 heavy (non-hydrogen) atoms. The van der Waals surface area contributed by atoms with E-state index in [-0.39, 0.29) is 21.4 Å². The maximum absolute atomic E-state index is 12.6.